The van der Waals surface area contributed by atoms with Crippen LogP contribution in [-0.2, 0) is 6.54 Å². The molecule has 0 saturated carbocycles. The van der Waals surface area contributed by atoms with Gasteiger partial charge in [-0.15, -0.1) is 0 Å². The molecular formula is C13H17N5O2. The normalized spacial score (nSPS) is 10.6. The lowest BCUT2D eigenvalue weighted by molar-refractivity contribution is 0.0945. The summed E-state index contributed by atoms with van der Waals surface area (Å²) in [5, 5.41) is 9.40. The SMILES string of the molecule is CNc1cnc(C(C)C)nc1C(=O)NCc1ccon1. The van der Waals surface area contributed by atoms with Crippen molar-refractivity contribution in [3.8, 4) is 0 Å². The summed E-state index contributed by atoms with van der Waals surface area (Å²) in [6.45, 7) is 4.25. The van der Waals surface area contributed by atoms with Crippen molar-refractivity contribution < 1.29 is 9.32 Å². The smallest absolute Gasteiger partial charge is 0.272 e. The fraction of sp³-hybridized carbons (Fsp3) is 0.385. The van der Waals surface area contributed by atoms with Crippen LogP contribution in [0.1, 0.15) is 41.8 Å². The standard InChI is InChI=1S/C13H17N5O2/c1-8(2)12-15-7-10(14-3)11(17-12)13(19)16-6-9-4-5-20-18-9/h4-5,7-8,14H,6H2,1-3H3,(H,16,19). The van der Waals surface area contributed by atoms with Crippen LogP contribution in [0.3, 0.4) is 0 Å². The van der Waals surface area contributed by atoms with Crippen LogP contribution in [-0.4, -0.2) is 28.1 Å². The number of aromatic nitrogens is 3. The van der Waals surface area contributed by atoms with E-state index in [0.29, 0.717) is 29.4 Å². The maximum atomic E-state index is 12.2. The zero-order chi connectivity index (χ0) is 14.5. The second-order valence-corrected chi connectivity index (χ2v) is 4.57. The van der Waals surface area contributed by atoms with Crippen molar-refractivity contribution in [1.82, 2.24) is 20.4 Å². The van der Waals surface area contributed by atoms with Crippen LogP contribution in [0.5, 0.6) is 0 Å². The van der Waals surface area contributed by atoms with Crippen LogP contribution in [0, 0.1) is 0 Å². The van der Waals surface area contributed by atoms with Gasteiger partial charge in [0.2, 0.25) is 0 Å². The molecule has 2 heterocycles. The molecule has 0 bridgehead atoms. The van der Waals surface area contributed by atoms with E-state index in [-0.39, 0.29) is 11.8 Å². The number of nitrogens with one attached hydrogen (secondary N) is 2. The van der Waals surface area contributed by atoms with Crippen LogP contribution < -0.4 is 10.6 Å². The minimum absolute atomic E-state index is 0.156. The number of hydrogen-bond acceptors (Lipinski definition) is 6. The van der Waals surface area contributed by atoms with E-state index in [1.807, 2.05) is 13.8 Å². The first-order valence-corrected chi connectivity index (χ1v) is 6.34. The van der Waals surface area contributed by atoms with Gasteiger partial charge in [-0.3, -0.25) is 4.79 Å². The second kappa shape index (κ2) is 6.14. The van der Waals surface area contributed by atoms with E-state index in [2.05, 4.69) is 25.8 Å². The summed E-state index contributed by atoms with van der Waals surface area (Å²) < 4.78 is 4.71. The fourth-order valence-electron chi connectivity index (χ4n) is 1.61. The zero-order valence-corrected chi connectivity index (χ0v) is 11.7. The summed E-state index contributed by atoms with van der Waals surface area (Å²) >= 11 is 0. The number of hydrogen-bond donors (Lipinski definition) is 2. The maximum absolute atomic E-state index is 12.2. The first-order valence-electron chi connectivity index (χ1n) is 6.34. The third-order valence-corrected chi connectivity index (χ3v) is 2.73. The van der Waals surface area contributed by atoms with Gasteiger partial charge in [0, 0.05) is 19.0 Å². The highest BCUT2D eigenvalue weighted by atomic mass is 16.5. The van der Waals surface area contributed by atoms with Crippen LogP contribution in [0.15, 0.2) is 23.0 Å². The Hall–Kier alpha value is -2.44. The topological polar surface area (TPSA) is 92.9 Å². The van der Waals surface area contributed by atoms with E-state index < -0.39 is 0 Å². The van der Waals surface area contributed by atoms with Crippen LogP contribution in [0.2, 0.25) is 0 Å². The molecule has 2 aromatic rings. The van der Waals surface area contributed by atoms with Gasteiger partial charge in [0.1, 0.15) is 17.8 Å². The summed E-state index contributed by atoms with van der Waals surface area (Å²) in [7, 11) is 1.72. The molecule has 0 aliphatic heterocycles. The van der Waals surface area contributed by atoms with Crippen molar-refractivity contribution in [2.45, 2.75) is 26.3 Å². The highest BCUT2D eigenvalue weighted by molar-refractivity contribution is 5.97. The molecule has 0 aliphatic rings. The van der Waals surface area contributed by atoms with E-state index in [1.165, 1.54) is 6.26 Å². The van der Waals surface area contributed by atoms with Gasteiger partial charge < -0.3 is 15.2 Å². The van der Waals surface area contributed by atoms with Gasteiger partial charge in [0.25, 0.3) is 5.91 Å². The van der Waals surface area contributed by atoms with Gasteiger partial charge in [-0.2, -0.15) is 0 Å². The van der Waals surface area contributed by atoms with E-state index in [4.69, 9.17) is 4.52 Å². The number of anilines is 1. The van der Waals surface area contributed by atoms with Gasteiger partial charge in [-0.05, 0) is 0 Å². The fourth-order valence-corrected chi connectivity index (χ4v) is 1.61. The van der Waals surface area contributed by atoms with Gasteiger partial charge in [-0.25, -0.2) is 9.97 Å². The molecule has 106 valence electrons. The van der Waals surface area contributed by atoms with E-state index in [1.54, 1.807) is 19.3 Å². The lowest BCUT2D eigenvalue weighted by Crippen LogP contribution is -2.25. The predicted octanol–water partition coefficient (Wildman–Crippen LogP) is 1.56. The Balaban J connectivity index is 2.16. The molecule has 1 amide bonds. The number of rotatable bonds is 5. The van der Waals surface area contributed by atoms with Crippen molar-refractivity contribution in [2.75, 3.05) is 12.4 Å². The molecule has 2 N–H and O–H groups in total. The highest BCUT2D eigenvalue weighted by Crippen LogP contribution is 2.15. The molecule has 2 aromatic heterocycles. The molecule has 0 aromatic carbocycles. The molecule has 0 saturated heterocycles. The van der Waals surface area contributed by atoms with Crippen molar-refractivity contribution in [1.29, 1.82) is 0 Å². The van der Waals surface area contributed by atoms with E-state index in [9.17, 15) is 4.79 Å². The summed E-state index contributed by atoms with van der Waals surface area (Å²) in [6.07, 6.45) is 3.08. The predicted molar refractivity (Wildman–Crippen MR) is 73.3 cm³/mol. The number of carbonyl (C=O) groups excluding carboxylic acids is 1. The van der Waals surface area contributed by atoms with Crippen molar-refractivity contribution in [3.05, 3.63) is 35.7 Å². The monoisotopic (exact) mass is 275 g/mol. The molecule has 7 heteroatoms. The third kappa shape index (κ3) is 3.11. The Morgan fingerprint density at radius 2 is 2.25 bits per heavy atom. The largest absolute Gasteiger partial charge is 0.385 e. The summed E-state index contributed by atoms with van der Waals surface area (Å²) in [6, 6.07) is 1.69. The molecule has 7 nitrogen and oxygen atoms in total. The molecule has 0 atom stereocenters. The van der Waals surface area contributed by atoms with Crippen LogP contribution in [0.25, 0.3) is 0 Å². The number of nitrogens with zero attached hydrogens (tertiary/aromatic N) is 3. The molecule has 20 heavy (non-hydrogen) atoms. The molecule has 2 rings (SSSR count). The minimum atomic E-state index is -0.276. The van der Waals surface area contributed by atoms with E-state index in [0.717, 1.165) is 0 Å². The summed E-state index contributed by atoms with van der Waals surface area (Å²) in [5.74, 6) is 0.514. The Morgan fingerprint density at radius 1 is 1.45 bits per heavy atom. The van der Waals surface area contributed by atoms with Gasteiger partial charge in [0.05, 0.1) is 18.4 Å². The first-order chi connectivity index (χ1) is 9.61. The Morgan fingerprint density at radius 3 is 2.85 bits per heavy atom. The van der Waals surface area contributed by atoms with Crippen molar-refractivity contribution >= 4 is 11.6 Å². The molecular weight excluding hydrogens is 258 g/mol. The Kier molecular flexibility index (Phi) is 4.29. The molecule has 0 unspecified atom stereocenters. The Labute approximate surface area is 116 Å². The second-order valence-electron chi connectivity index (χ2n) is 4.57. The lowest BCUT2D eigenvalue weighted by atomic mass is 10.2. The summed E-state index contributed by atoms with van der Waals surface area (Å²) in [4.78, 5) is 20.7. The highest BCUT2D eigenvalue weighted by Gasteiger charge is 2.16. The van der Waals surface area contributed by atoms with Crippen LogP contribution >= 0.6 is 0 Å². The van der Waals surface area contributed by atoms with E-state index >= 15 is 0 Å². The zero-order valence-electron chi connectivity index (χ0n) is 11.7. The third-order valence-electron chi connectivity index (χ3n) is 2.73. The summed E-state index contributed by atoms with van der Waals surface area (Å²) in [5.41, 5.74) is 1.57. The molecule has 0 spiro atoms. The average molecular weight is 275 g/mol. The quantitative estimate of drug-likeness (QED) is 0.860. The lowest BCUT2D eigenvalue weighted by Gasteiger charge is -2.11. The van der Waals surface area contributed by atoms with Gasteiger partial charge in [-0.1, -0.05) is 19.0 Å². The average Bonchev–Trinajstić information content (AvgIpc) is 2.97. The molecule has 0 aliphatic carbocycles. The van der Waals surface area contributed by atoms with Gasteiger partial charge >= 0.3 is 0 Å². The number of amides is 1. The number of carbonyl (C=O) groups is 1. The van der Waals surface area contributed by atoms with Crippen LogP contribution in [0.4, 0.5) is 5.69 Å². The van der Waals surface area contributed by atoms with Crippen molar-refractivity contribution in [2.24, 2.45) is 0 Å². The van der Waals surface area contributed by atoms with Crippen molar-refractivity contribution in [3.63, 3.8) is 0 Å². The maximum Gasteiger partial charge on any atom is 0.272 e. The Bertz CT molecular complexity index is 580. The first kappa shape index (κ1) is 14.0. The molecule has 0 radical (unpaired) electrons. The molecule has 0 fully saturated rings. The van der Waals surface area contributed by atoms with Gasteiger partial charge in [0.15, 0.2) is 5.69 Å². The minimum Gasteiger partial charge on any atom is -0.385 e.